The predicted octanol–water partition coefficient (Wildman–Crippen LogP) is 3.50. The minimum atomic E-state index is -0.603. The number of hydrogen-bond acceptors (Lipinski definition) is 5. The van der Waals surface area contributed by atoms with Gasteiger partial charge in [0.25, 0.3) is 0 Å². The van der Waals surface area contributed by atoms with E-state index in [2.05, 4.69) is 0 Å². The molecular weight excluding hydrogens is 332 g/mol. The summed E-state index contributed by atoms with van der Waals surface area (Å²) in [5.74, 6) is -0.959. The third-order valence-electron chi connectivity index (χ3n) is 4.67. The highest BCUT2D eigenvalue weighted by Gasteiger charge is 2.41. The Balaban J connectivity index is 1.96. The maximum absolute atomic E-state index is 12.8. The minimum Gasteiger partial charge on any atom is -0.491 e. The number of benzene rings is 2. The summed E-state index contributed by atoms with van der Waals surface area (Å²) in [6.07, 6.45) is 0. The van der Waals surface area contributed by atoms with Crippen LogP contribution in [0.15, 0.2) is 63.8 Å². The van der Waals surface area contributed by atoms with Gasteiger partial charge in [-0.2, -0.15) is 0 Å². The zero-order chi connectivity index (χ0) is 18.1. The van der Waals surface area contributed by atoms with Crippen LogP contribution in [0.4, 0.5) is 0 Å². The number of carbonyl (C=O) groups is 1. The average Bonchev–Trinajstić information content (AvgIpc) is 2.68. The highest BCUT2D eigenvalue weighted by molar-refractivity contribution is 5.86. The van der Waals surface area contributed by atoms with Gasteiger partial charge in [-0.15, -0.1) is 0 Å². The summed E-state index contributed by atoms with van der Waals surface area (Å²) >= 11 is 0. The van der Waals surface area contributed by atoms with Gasteiger partial charge < -0.3 is 13.9 Å². The zero-order valence-corrected chi connectivity index (χ0v) is 14.3. The van der Waals surface area contributed by atoms with E-state index in [9.17, 15) is 9.59 Å². The molecule has 2 atom stereocenters. The normalized spacial score (nSPS) is 18.8. The Kier molecular flexibility index (Phi) is 4.21. The van der Waals surface area contributed by atoms with E-state index >= 15 is 0 Å². The van der Waals surface area contributed by atoms with Crippen LogP contribution in [0.5, 0.6) is 5.75 Å². The molecule has 0 spiro atoms. The molecule has 1 aromatic heterocycles. The molecular formula is C21H18O5. The second kappa shape index (κ2) is 6.67. The molecule has 2 heterocycles. The first-order chi connectivity index (χ1) is 12.7. The lowest BCUT2D eigenvalue weighted by Crippen LogP contribution is -2.37. The molecule has 3 aromatic rings. The number of carbonyl (C=O) groups excluding carboxylic acids is 1. The Bertz CT molecular complexity index is 1010. The van der Waals surface area contributed by atoms with E-state index in [0.29, 0.717) is 16.9 Å². The Morgan fingerprint density at radius 2 is 1.85 bits per heavy atom. The molecule has 0 bridgehead atoms. The molecule has 1 aliphatic heterocycles. The fourth-order valence-corrected chi connectivity index (χ4v) is 3.54. The van der Waals surface area contributed by atoms with Gasteiger partial charge in [-0.25, -0.2) is 4.79 Å². The molecule has 0 aliphatic carbocycles. The summed E-state index contributed by atoms with van der Waals surface area (Å²) in [6, 6.07) is 16.7. The van der Waals surface area contributed by atoms with Crippen molar-refractivity contribution >= 4 is 16.9 Å². The minimum absolute atomic E-state index is 0.152. The molecule has 1 aliphatic rings. The molecule has 5 heteroatoms. The van der Waals surface area contributed by atoms with Crippen molar-refractivity contribution in [2.75, 3.05) is 13.2 Å². The molecule has 0 N–H and O–H groups in total. The molecule has 0 unspecified atom stereocenters. The molecule has 26 heavy (non-hydrogen) atoms. The van der Waals surface area contributed by atoms with E-state index in [1.807, 2.05) is 42.5 Å². The van der Waals surface area contributed by atoms with Gasteiger partial charge in [-0.05, 0) is 24.6 Å². The molecule has 0 saturated heterocycles. The largest absolute Gasteiger partial charge is 0.491 e. The van der Waals surface area contributed by atoms with Gasteiger partial charge in [0.2, 0.25) is 0 Å². The summed E-state index contributed by atoms with van der Waals surface area (Å²) in [6.45, 7) is 2.18. The first-order valence-electron chi connectivity index (χ1n) is 8.60. The summed E-state index contributed by atoms with van der Waals surface area (Å²) < 4.78 is 16.6. The number of esters is 1. The zero-order valence-electron chi connectivity index (χ0n) is 14.3. The molecule has 2 aromatic carbocycles. The van der Waals surface area contributed by atoms with Crippen molar-refractivity contribution in [2.24, 2.45) is 5.92 Å². The van der Waals surface area contributed by atoms with Gasteiger partial charge in [-0.3, -0.25) is 4.79 Å². The van der Waals surface area contributed by atoms with E-state index in [1.165, 1.54) is 0 Å². The lowest BCUT2D eigenvalue weighted by atomic mass is 9.79. The van der Waals surface area contributed by atoms with Gasteiger partial charge in [0, 0.05) is 5.92 Å². The monoisotopic (exact) mass is 350 g/mol. The van der Waals surface area contributed by atoms with E-state index in [-0.39, 0.29) is 19.2 Å². The fourth-order valence-electron chi connectivity index (χ4n) is 3.54. The Labute approximate surface area is 150 Å². The number of ether oxygens (including phenoxy) is 2. The van der Waals surface area contributed by atoms with Crippen LogP contribution in [0.1, 0.15) is 24.0 Å². The van der Waals surface area contributed by atoms with Crippen LogP contribution < -0.4 is 10.4 Å². The third-order valence-corrected chi connectivity index (χ3v) is 4.67. The Hall–Kier alpha value is -3.08. The van der Waals surface area contributed by atoms with Gasteiger partial charge in [0.15, 0.2) is 0 Å². The van der Waals surface area contributed by atoms with Gasteiger partial charge >= 0.3 is 11.6 Å². The van der Waals surface area contributed by atoms with Crippen molar-refractivity contribution in [1.82, 2.24) is 0 Å². The maximum Gasteiger partial charge on any atom is 0.343 e. The van der Waals surface area contributed by atoms with Crippen molar-refractivity contribution in [3.05, 3.63) is 76.1 Å². The summed E-state index contributed by atoms with van der Waals surface area (Å²) in [7, 11) is 0. The summed E-state index contributed by atoms with van der Waals surface area (Å²) in [4.78, 5) is 25.3. The van der Waals surface area contributed by atoms with E-state index in [4.69, 9.17) is 13.9 Å². The molecule has 4 rings (SSSR count). The van der Waals surface area contributed by atoms with E-state index in [1.54, 1.807) is 19.1 Å². The second-order valence-electron chi connectivity index (χ2n) is 6.19. The lowest BCUT2D eigenvalue weighted by molar-refractivity contribution is -0.150. The third kappa shape index (κ3) is 2.65. The molecule has 132 valence electrons. The van der Waals surface area contributed by atoms with Crippen molar-refractivity contribution in [1.29, 1.82) is 0 Å². The summed E-state index contributed by atoms with van der Waals surface area (Å²) in [5, 5.41) is 0.727. The van der Waals surface area contributed by atoms with Crippen molar-refractivity contribution in [3.8, 4) is 5.75 Å². The molecule has 0 amide bonds. The fraction of sp³-hybridized carbons (Fsp3) is 0.238. The van der Waals surface area contributed by atoms with Crippen LogP contribution in [0, 0.1) is 5.92 Å². The van der Waals surface area contributed by atoms with Crippen LogP contribution >= 0.6 is 0 Å². The smallest absolute Gasteiger partial charge is 0.343 e. The quantitative estimate of drug-likeness (QED) is 0.534. The molecule has 0 radical (unpaired) electrons. The van der Waals surface area contributed by atoms with Crippen LogP contribution in [-0.4, -0.2) is 19.2 Å². The van der Waals surface area contributed by atoms with Crippen LogP contribution in [0.2, 0.25) is 0 Å². The van der Waals surface area contributed by atoms with Crippen LogP contribution in [0.25, 0.3) is 11.0 Å². The highest BCUT2D eigenvalue weighted by Crippen LogP contribution is 2.43. The Morgan fingerprint density at radius 3 is 2.62 bits per heavy atom. The summed E-state index contributed by atoms with van der Waals surface area (Å²) in [5.41, 5.74) is 1.22. The van der Waals surface area contributed by atoms with Gasteiger partial charge in [0.05, 0.1) is 17.6 Å². The van der Waals surface area contributed by atoms with E-state index < -0.39 is 17.5 Å². The van der Waals surface area contributed by atoms with Gasteiger partial charge in [-0.1, -0.05) is 42.5 Å². The van der Waals surface area contributed by atoms with Crippen molar-refractivity contribution < 1.29 is 18.7 Å². The molecule has 5 nitrogen and oxygen atoms in total. The van der Waals surface area contributed by atoms with Crippen LogP contribution in [0.3, 0.4) is 0 Å². The topological polar surface area (TPSA) is 65.7 Å². The van der Waals surface area contributed by atoms with E-state index in [0.717, 1.165) is 10.9 Å². The number of para-hydroxylation sites is 1. The van der Waals surface area contributed by atoms with Crippen molar-refractivity contribution in [3.63, 3.8) is 0 Å². The highest BCUT2D eigenvalue weighted by atomic mass is 16.5. The first-order valence-corrected chi connectivity index (χ1v) is 8.60. The maximum atomic E-state index is 12.8. The first kappa shape index (κ1) is 16.4. The number of hydrogen-bond donors (Lipinski definition) is 0. The van der Waals surface area contributed by atoms with Crippen LogP contribution in [-0.2, 0) is 9.53 Å². The average molecular weight is 350 g/mol. The Morgan fingerprint density at radius 1 is 1.12 bits per heavy atom. The lowest BCUT2D eigenvalue weighted by Gasteiger charge is -2.32. The standard InChI is InChI=1S/C21H18O5/c1-2-24-20(22)15-12-25-19-14-10-6-7-11-16(14)26-21(23)18(19)17(15)13-8-4-3-5-9-13/h3-11,15,17H,2,12H2,1H3/t15-,17+/m1/s1. The number of fused-ring (bicyclic) bond motifs is 3. The van der Waals surface area contributed by atoms with Gasteiger partial charge in [0.1, 0.15) is 23.9 Å². The second-order valence-corrected chi connectivity index (χ2v) is 6.19. The SMILES string of the molecule is CCOC(=O)[C@@H]1COc2c(c(=O)oc3ccccc23)[C@H]1c1ccccc1. The predicted molar refractivity (Wildman–Crippen MR) is 96.4 cm³/mol. The number of rotatable bonds is 3. The molecule has 0 saturated carbocycles. The van der Waals surface area contributed by atoms with Crippen molar-refractivity contribution in [2.45, 2.75) is 12.8 Å². The molecule has 0 fully saturated rings.